The van der Waals surface area contributed by atoms with E-state index in [0.29, 0.717) is 36.4 Å². The molecular weight excluding hydrogens is 733 g/mol. The molecule has 4 aromatic carbocycles. The molecule has 0 unspecified atom stereocenters. The van der Waals surface area contributed by atoms with Crippen LogP contribution in [0.25, 0.3) is 10.8 Å². The first kappa shape index (κ1) is 40.2. The van der Waals surface area contributed by atoms with E-state index in [4.69, 9.17) is 16.0 Å². The molecule has 0 spiro atoms. The molecule has 1 aliphatic rings. The van der Waals surface area contributed by atoms with Crippen molar-refractivity contribution in [3.05, 3.63) is 71.8 Å². The molecule has 1 aliphatic carbocycles. The molecule has 18 nitrogen and oxygen atoms in total. The Morgan fingerprint density at radius 3 is 1.88 bits per heavy atom. The molecule has 0 bridgehead atoms. The second kappa shape index (κ2) is 15.4. The summed E-state index contributed by atoms with van der Waals surface area (Å²) < 4.78 is 97.3. The number of nitrogens with two attached hydrogens (primary N) is 2. The van der Waals surface area contributed by atoms with Crippen LogP contribution >= 0.6 is 0 Å². The number of benzene rings is 4. The number of nitrogens with zero attached hydrogens (tertiary/aromatic N) is 3. The van der Waals surface area contributed by atoms with Crippen molar-refractivity contribution in [3.8, 4) is 11.5 Å². The van der Waals surface area contributed by atoms with Crippen LogP contribution < -0.4 is 16.8 Å². The van der Waals surface area contributed by atoms with Gasteiger partial charge in [-0.15, -0.1) is 10.2 Å². The molecule has 4 aromatic rings. The van der Waals surface area contributed by atoms with Crippen LogP contribution in [0.15, 0.2) is 91.8 Å². The summed E-state index contributed by atoms with van der Waals surface area (Å²) >= 11 is 0. The average Bonchev–Trinajstić information content (AvgIpc) is 3.87. The lowest BCUT2D eigenvalue weighted by Crippen LogP contribution is -2.05. The Morgan fingerprint density at radius 1 is 0.824 bits per heavy atom. The summed E-state index contributed by atoms with van der Waals surface area (Å²) in [6.07, 6.45) is 1.39. The quantitative estimate of drug-likeness (QED) is 0.0328. The Labute approximate surface area is 293 Å². The van der Waals surface area contributed by atoms with Crippen LogP contribution in [0.1, 0.15) is 33.6 Å². The van der Waals surface area contributed by atoms with Crippen LogP contribution in [0.3, 0.4) is 0 Å². The number of hydrogen-bond donors (Lipinski definition) is 8. The number of anilines is 3. The highest BCUT2D eigenvalue weighted by Gasteiger charge is 2.40. The Morgan fingerprint density at radius 2 is 1.37 bits per heavy atom. The maximum Gasteiger partial charge on any atom is 0.296 e. The molecule has 1 saturated carbocycles. The predicted molar refractivity (Wildman–Crippen MR) is 189 cm³/mol. The third-order valence-corrected chi connectivity index (χ3v) is 9.46. The summed E-state index contributed by atoms with van der Waals surface area (Å²) in [7, 11) is -14.3. The van der Waals surface area contributed by atoms with E-state index >= 15 is 0 Å². The molecule has 274 valence electrons. The second-order valence-corrected chi connectivity index (χ2v) is 14.8. The molecule has 0 aromatic heterocycles. The van der Waals surface area contributed by atoms with Gasteiger partial charge in [0.1, 0.15) is 20.4 Å². The maximum atomic E-state index is 12.4. The number of phenols is 2. The third-order valence-electron chi connectivity index (χ3n) is 6.77. The van der Waals surface area contributed by atoms with E-state index < -0.39 is 73.8 Å². The lowest BCUT2D eigenvalue weighted by molar-refractivity contribution is -0.477. The number of hydrogen-bond acceptors (Lipinski definition) is 14. The number of azo groups is 1. The molecule has 0 aliphatic heterocycles. The van der Waals surface area contributed by atoms with Gasteiger partial charge in [0.05, 0.1) is 16.8 Å². The van der Waals surface area contributed by atoms with Gasteiger partial charge in [0, 0.05) is 40.0 Å². The van der Waals surface area contributed by atoms with Gasteiger partial charge in [-0.25, -0.2) is 0 Å². The van der Waals surface area contributed by atoms with Crippen molar-refractivity contribution >= 4 is 75.3 Å². The minimum atomic E-state index is -5.06. The fourth-order valence-corrected chi connectivity index (χ4v) is 6.35. The summed E-state index contributed by atoms with van der Waals surface area (Å²) in [4.78, 5) is 10.2. The van der Waals surface area contributed by atoms with Crippen molar-refractivity contribution in [2.45, 2.75) is 54.3 Å². The monoisotopic (exact) mass is 767 g/mol. The SMILES string of the molecule is C=C(C)Nc1ccc(S(=O)(=O)O)c(N)c1.CC.Nc1c(S(=O)(=O)O)cc2cc(S(=O)(=O)O)c(N=Nc3ccccc3[N+](=O)C3CC3)c(O)c2c1O. The largest absolute Gasteiger partial charge is 0.505 e. The van der Waals surface area contributed by atoms with E-state index in [1.54, 1.807) is 19.1 Å². The summed E-state index contributed by atoms with van der Waals surface area (Å²) in [5.74, 6) is -1.99. The summed E-state index contributed by atoms with van der Waals surface area (Å²) in [5.41, 5.74) is 10.9. The summed E-state index contributed by atoms with van der Waals surface area (Å²) in [5, 5.41) is 30.6. The van der Waals surface area contributed by atoms with Gasteiger partial charge in [0.2, 0.25) is 6.04 Å². The lowest BCUT2D eigenvalue weighted by Gasteiger charge is -2.13. The van der Waals surface area contributed by atoms with Gasteiger partial charge in [0.15, 0.2) is 17.2 Å². The fraction of sp³-hybridized carbons (Fsp3) is 0.200. The Bertz CT molecular complexity index is 2400. The molecule has 21 heteroatoms. The Kier molecular flexibility index (Phi) is 12.1. The molecule has 51 heavy (non-hydrogen) atoms. The molecule has 0 atom stereocenters. The zero-order valence-electron chi connectivity index (χ0n) is 27.2. The highest BCUT2D eigenvalue weighted by atomic mass is 32.2. The molecule has 1 fully saturated rings. The molecule has 0 saturated heterocycles. The van der Waals surface area contributed by atoms with Crippen molar-refractivity contribution in [3.63, 3.8) is 0 Å². The van der Waals surface area contributed by atoms with Crippen molar-refractivity contribution in [1.82, 2.24) is 0 Å². The summed E-state index contributed by atoms with van der Waals surface area (Å²) in [6.45, 7) is 9.39. The number of allylic oxidation sites excluding steroid dienone is 1. The smallest absolute Gasteiger partial charge is 0.296 e. The molecule has 10 N–H and O–H groups in total. The molecule has 0 amide bonds. The maximum absolute atomic E-state index is 12.4. The normalized spacial score (nSPS) is 13.1. The second-order valence-electron chi connectivity index (χ2n) is 10.6. The Balaban J connectivity index is 0.000000346. The highest BCUT2D eigenvalue weighted by molar-refractivity contribution is 7.86. The van der Waals surface area contributed by atoms with Gasteiger partial charge in [-0.1, -0.05) is 32.6 Å². The first-order chi connectivity index (χ1) is 23.6. The average molecular weight is 768 g/mol. The number of phenolic OH excluding ortho intramolecular Hbond substituents is 2. The minimum Gasteiger partial charge on any atom is -0.505 e. The van der Waals surface area contributed by atoms with Crippen molar-refractivity contribution < 1.29 is 53.9 Å². The number of fused-ring (bicyclic) bond motifs is 1. The van der Waals surface area contributed by atoms with Crippen LogP contribution in [-0.4, -0.2) is 59.9 Å². The third kappa shape index (κ3) is 9.53. The Hall–Kier alpha value is -5.19. The van der Waals surface area contributed by atoms with Gasteiger partial charge in [-0.2, -0.15) is 25.3 Å². The molecular formula is C30H35N6O12S3+. The van der Waals surface area contributed by atoms with Crippen LogP contribution in [0.2, 0.25) is 0 Å². The number of nitrogen functional groups attached to an aromatic ring is 2. The van der Waals surface area contributed by atoms with Crippen molar-refractivity contribution in [1.29, 1.82) is 0 Å². The van der Waals surface area contributed by atoms with Crippen LogP contribution in [0, 0.1) is 4.91 Å². The van der Waals surface area contributed by atoms with Crippen LogP contribution in [0.4, 0.5) is 34.1 Å². The zero-order valence-corrected chi connectivity index (χ0v) is 29.7. The zero-order chi connectivity index (χ0) is 38.6. The van der Waals surface area contributed by atoms with Crippen LogP contribution in [-0.2, 0) is 30.4 Å². The van der Waals surface area contributed by atoms with Crippen molar-refractivity contribution in [2.24, 2.45) is 10.2 Å². The van der Waals surface area contributed by atoms with Gasteiger partial charge in [-0.05, 0) is 48.7 Å². The lowest BCUT2D eigenvalue weighted by atomic mass is 10.1. The molecule has 5 rings (SSSR count). The standard InChI is InChI=1S/C19H16N4O9S2.C9H12N2O3S.C2H6/c20-16-13(33(27,28)29)7-9-8-14(34(30,31)32)17(19(25)15(9)18(16)24)22-21-11-3-1-2-4-12(11)23(26)10-5-6-10;1-6(2)11-7-3-4-9(8(10)5-7)15(12,13)14;1-2/h1-4,7-8,10H,5-6H2,(H5-,20,21,22,24,25,26,27,28,29,30,31,32);3-5,11H,1,10H2,2H3,(H,12,13,14);1-2H3/p+1. The van der Waals surface area contributed by atoms with E-state index in [-0.39, 0.29) is 28.0 Å². The topological polar surface area (TPSA) is 312 Å². The molecule has 0 heterocycles. The van der Waals surface area contributed by atoms with Gasteiger partial charge < -0.3 is 27.0 Å². The number of nitrogens with one attached hydrogen (secondary N) is 1. The van der Waals surface area contributed by atoms with Crippen molar-refractivity contribution in [2.75, 3.05) is 16.8 Å². The highest BCUT2D eigenvalue weighted by Crippen LogP contribution is 2.48. The minimum absolute atomic E-state index is 0.0104. The predicted octanol–water partition coefficient (Wildman–Crippen LogP) is 5.80. The van der Waals surface area contributed by atoms with E-state index in [1.165, 1.54) is 30.3 Å². The van der Waals surface area contributed by atoms with Gasteiger partial charge in [0.25, 0.3) is 36.0 Å². The van der Waals surface area contributed by atoms with Crippen LogP contribution in [0.5, 0.6) is 11.5 Å². The number of para-hydroxylation sites is 1. The first-order valence-electron chi connectivity index (χ1n) is 14.6. The fourth-order valence-electron chi connectivity index (χ4n) is 4.45. The number of aromatic hydroxyl groups is 2. The summed E-state index contributed by atoms with van der Waals surface area (Å²) in [6, 6.07) is 11.4. The molecule has 0 radical (unpaired) electrons. The first-order valence-corrected chi connectivity index (χ1v) is 19.0. The van der Waals surface area contributed by atoms with E-state index in [2.05, 4.69) is 22.1 Å². The van der Waals surface area contributed by atoms with E-state index in [0.717, 1.165) is 4.76 Å². The number of rotatable bonds is 9. The van der Waals surface area contributed by atoms with Gasteiger partial charge >= 0.3 is 0 Å². The number of nitroso groups, excluding NO2 is 1. The van der Waals surface area contributed by atoms with E-state index in [9.17, 15) is 49.5 Å². The van der Waals surface area contributed by atoms with Gasteiger partial charge in [-0.3, -0.25) is 13.7 Å². The van der Waals surface area contributed by atoms with E-state index in [1.807, 2.05) is 13.8 Å².